The van der Waals surface area contributed by atoms with Crippen LogP contribution in [0.25, 0.3) is 0 Å². The van der Waals surface area contributed by atoms with E-state index in [9.17, 15) is 4.79 Å². The summed E-state index contributed by atoms with van der Waals surface area (Å²) in [4.78, 5) is 12.1. The highest BCUT2D eigenvalue weighted by Gasteiger charge is 2.28. The first-order valence-corrected chi connectivity index (χ1v) is 6.62. The van der Waals surface area contributed by atoms with Crippen molar-refractivity contribution in [2.75, 3.05) is 13.2 Å². The van der Waals surface area contributed by atoms with E-state index in [4.69, 9.17) is 4.74 Å². The second-order valence-electron chi connectivity index (χ2n) is 5.00. The number of amides is 1. The number of carbonyl (C=O) groups excluding carboxylic acids is 1. The first kappa shape index (κ1) is 14.0. The van der Waals surface area contributed by atoms with E-state index in [1.54, 1.807) is 0 Å². The summed E-state index contributed by atoms with van der Waals surface area (Å²) in [7, 11) is 1.91. The van der Waals surface area contributed by atoms with E-state index in [1.807, 2.05) is 32.5 Å². The van der Waals surface area contributed by atoms with Gasteiger partial charge >= 0.3 is 0 Å². The van der Waals surface area contributed by atoms with Crippen LogP contribution in [0.1, 0.15) is 23.9 Å². The summed E-state index contributed by atoms with van der Waals surface area (Å²) < 4.78 is 7.31. The molecule has 0 unspecified atom stereocenters. The quantitative estimate of drug-likeness (QED) is 0.810. The van der Waals surface area contributed by atoms with Gasteiger partial charge in [-0.15, -0.1) is 0 Å². The summed E-state index contributed by atoms with van der Waals surface area (Å²) in [6, 6.07) is -0.272. The molecule has 0 saturated carbocycles. The van der Waals surface area contributed by atoms with Crippen LogP contribution >= 0.6 is 0 Å². The molecule has 2 rings (SSSR count). The summed E-state index contributed by atoms with van der Waals surface area (Å²) >= 11 is 0. The normalized spacial score (nSPS) is 23.4. The third-order valence-electron chi connectivity index (χ3n) is 3.70. The number of nitrogens with one attached hydrogen (secondary N) is 2. The van der Waals surface area contributed by atoms with Gasteiger partial charge in [-0.25, -0.2) is 0 Å². The van der Waals surface area contributed by atoms with Gasteiger partial charge < -0.3 is 15.4 Å². The van der Waals surface area contributed by atoms with Gasteiger partial charge in [-0.1, -0.05) is 0 Å². The fourth-order valence-corrected chi connectivity index (χ4v) is 2.39. The number of nitrogens with zero attached hydrogens (tertiary/aromatic N) is 2. The predicted octanol–water partition coefficient (Wildman–Crippen LogP) is 0.0300. The van der Waals surface area contributed by atoms with Crippen molar-refractivity contribution in [1.29, 1.82) is 0 Å². The molecule has 1 aliphatic heterocycles. The lowest BCUT2D eigenvalue weighted by molar-refractivity contribution is -0.129. The standard InChI is InChI=1S/C13H22N4O2/c1-8-11(9(2)17(4)16-8)7-15-13(18)12-10(3)19-6-5-14-12/h10,12,14H,5-7H2,1-4H3,(H,15,18)/t10-,12+/m1/s1. The van der Waals surface area contributed by atoms with E-state index in [0.29, 0.717) is 19.7 Å². The van der Waals surface area contributed by atoms with Crippen molar-refractivity contribution < 1.29 is 9.53 Å². The predicted molar refractivity (Wildman–Crippen MR) is 71.7 cm³/mol. The van der Waals surface area contributed by atoms with Crippen molar-refractivity contribution in [2.45, 2.75) is 39.5 Å². The smallest absolute Gasteiger partial charge is 0.240 e. The van der Waals surface area contributed by atoms with Crippen molar-refractivity contribution in [1.82, 2.24) is 20.4 Å². The Morgan fingerprint density at radius 1 is 1.58 bits per heavy atom. The summed E-state index contributed by atoms with van der Waals surface area (Å²) in [6.07, 6.45) is -0.0927. The van der Waals surface area contributed by atoms with E-state index in [0.717, 1.165) is 17.0 Å². The molecule has 2 N–H and O–H groups in total. The number of morpholine rings is 1. The van der Waals surface area contributed by atoms with Gasteiger partial charge in [0.05, 0.1) is 18.4 Å². The number of aryl methyl sites for hydroxylation is 2. The molecule has 1 aliphatic rings. The fourth-order valence-electron chi connectivity index (χ4n) is 2.39. The average Bonchev–Trinajstić information content (AvgIpc) is 2.61. The number of ether oxygens (including phenoxy) is 1. The molecule has 0 aliphatic carbocycles. The number of aromatic nitrogens is 2. The minimum atomic E-state index is -0.272. The van der Waals surface area contributed by atoms with Crippen LogP contribution in [0.15, 0.2) is 0 Å². The number of hydrogen-bond donors (Lipinski definition) is 2. The molecule has 2 atom stereocenters. The molecule has 1 fully saturated rings. The Morgan fingerprint density at radius 3 is 2.89 bits per heavy atom. The summed E-state index contributed by atoms with van der Waals surface area (Å²) in [5.74, 6) is -0.0187. The molecule has 1 amide bonds. The highest BCUT2D eigenvalue weighted by molar-refractivity contribution is 5.82. The maximum Gasteiger partial charge on any atom is 0.240 e. The molecule has 1 saturated heterocycles. The molecule has 106 valence electrons. The van der Waals surface area contributed by atoms with Gasteiger partial charge in [0.25, 0.3) is 0 Å². The highest BCUT2D eigenvalue weighted by atomic mass is 16.5. The van der Waals surface area contributed by atoms with Gasteiger partial charge in [-0.05, 0) is 20.8 Å². The van der Waals surface area contributed by atoms with Crippen molar-refractivity contribution in [3.63, 3.8) is 0 Å². The van der Waals surface area contributed by atoms with Gasteiger partial charge in [0.2, 0.25) is 5.91 Å². The Balaban J connectivity index is 1.96. The first-order valence-electron chi connectivity index (χ1n) is 6.62. The highest BCUT2D eigenvalue weighted by Crippen LogP contribution is 2.11. The molecule has 19 heavy (non-hydrogen) atoms. The van der Waals surface area contributed by atoms with E-state index in [-0.39, 0.29) is 18.1 Å². The molecule has 1 aromatic rings. The molecule has 0 aromatic carbocycles. The van der Waals surface area contributed by atoms with Gasteiger partial charge in [-0.3, -0.25) is 9.48 Å². The molecule has 1 aromatic heterocycles. The summed E-state index contributed by atoms with van der Waals surface area (Å²) in [5.41, 5.74) is 3.13. The van der Waals surface area contributed by atoms with Crippen LogP contribution in [0.5, 0.6) is 0 Å². The molecular formula is C13H22N4O2. The number of rotatable bonds is 3. The van der Waals surface area contributed by atoms with Gasteiger partial charge in [-0.2, -0.15) is 5.10 Å². The van der Waals surface area contributed by atoms with Crippen LogP contribution in [0, 0.1) is 13.8 Å². The van der Waals surface area contributed by atoms with E-state index in [2.05, 4.69) is 15.7 Å². The van der Waals surface area contributed by atoms with Crippen molar-refractivity contribution >= 4 is 5.91 Å². The maximum absolute atomic E-state index is 12.1. The Kier molecular flexibility index (Phi) is 4.21. The average molecular weight is 266 g/mol. The van der Waals surface area contributed by atoms with Crippen LogP contribution in [0.3, 0.4) is 0 Å². The van der Waals surface area contributed by atoms with Crippen LogP contribution in [0.2, 0.25) is 0 Å². The first-order chi connectivity index (χ1) is 9.00. The number of carbonyl (C=O) groups is 1. The van der Waals surface area contributed by atoms with Crippen LogP contribution < -0.4 is 10.6 Å². The van der Waals surface area contributed by atoms with Crippen molar-refractivity contribution in [3.05, 3.63) is 17.0 Å². The Morgan fingerprint density at radius 2 is 2.32 bits per heavy atom. The van der Waals surface area contributed by atoms with Crippen molar-refractivity contribution in [3.8, 4) is 0 Å². The van der Waals surface area contributed by atoms with Crippen LogP contribution in [-0.2, 0) is 23.1 Å². The minimum Gasteiger partial charge on any atom is -0.375 e. The monoisotopic (exact) mass is 266 g/mol. The summed E-state index contributed by atoms with van der Waals surface area (Å²) in [6.45, 7) is 7.76. The molecule has 0 bridgehead atoms. The lowest BCUT2D eigenvalue weighted by Gasteiger charge is -2.29. The van der Waals surface area contributed by atoms with E-state index < -0.39 is 0 Å². The second-order valence-corrected chi connectivity index (χ2v) is 5.00. The maximum atomic E-state index is 12.1. The Bertz CT molecular complexity index is 469. The third-order valence-corrected chi connectivity index (χ3v) is 3.70. The lowest BCUT2D eigenvalue weighted by atomic mass is 10.1. The zero-order chi connectivity index (χ0) is 14.0. The van der Waals surface area contributed by atoms with E-state index in [1.165, 1.54) is 0 Å². The number of hydrogen-bond acceptors (Lipinski definition) is 4. The van der Waals surface area contributed by atoms with Gasteiger partial charge in [0, 0.05) is 31.4 Å². The van der Waals surface area contributed by atoms with Crippen molar-refractivity contribution in [2.24, 2.45) is 7.05 Å². The molecular weight excluding hydrogens is 244 g/mol. The van der Waals surface area contributed by atoms with Crippen LogP contribution in [0.4, 0.5) is 0 Å². The lowest BCUT2D eigenvalue weighted by Crippen LogP contribution is -2.55. The largest absolute Gasteiger partial charge is 0.375 e. The third kappa shape index (κ3) is 2.96. The molecule has 6 nitrogen and oxygen atoms in total. The minimum absolute atomic E-state index is 0.0187. The van der Waals surface area contributed by atoms with Gasteiger partial charge in [0.1, 0.15) is 6.04 Å². The second kappa shape index (κ2) is 5.71. The molecule has 0 radical (unpaired) electrons. The summed E-state index contributed by atoms with van der Waals surface area (Å²) in [5, 5.41) is 10.5. The van der Waals surface area contributed by atoms with Crippen LogP contribution in [-0.4, -0.2) is 41.0 Å². The molecule has 2 heterocycles. The topological polar surface area (TPSA) is 68.2 Å². The molecule has 6 heteroatoms. The zero-order valence-corrected chi connectivity index (χ0v) is 12.0. The Labute approximate surface area is 113 Å². The fraction of sp³-hybridized carbons (Fsp3) is 0.692. The SMILES string of the molecule is Cc1nn(C)c(C)c1CNC(=O)[C@H]1NCCO[C@@H]1C. The van der Waals surface area contributed by atoms with Gasteiger partial charge in [0.15, 0.2) is 0 Å². The Hall–Kier alpha value is -1.40. The van der Waals surface area contributed by atoms with E-state index >= 15 is 0 Å². The zero-order valence-electron chi connectivity index (χ0n) is 12.0. The molecule has 0 spiro atoms.